The molecule has 0 bridgehead atoms. The highest BCUT2D eigenvalue weighted by atomic mass is 14.2. The van der Waals surface area contributed by atoms with Crippen LogP contribution in [0.15, 0.2) is 78.9 Å². The summed E-state index contributed by atoms with van der Waals surface area (Å²) in [6.07, 6.45) is 16.3. The van der Waals surface area contributed by atoms with E-state index in [0.717, 1.165) is 12.0 Å². The summed E-state index contributed by atoms with van der Waals surface area (Å²) in [7, 11) is 0. The molecule has 0 heterocycles. The molecule has 0 fully saturated rings. The fraction of sp³-hybridized carbons (Fsp3) is 0.111. The van der Waals surface area contributed by atoms with Crippen molar-refractivity contribution in [1.82, 2.24) is 0 Å². The van der Waals surface area contributed by atoms with Crippen LogP contribution in [0.2, 0.25) is 0 Å². The molecule has 0 saturated carbocycles. The minimum atomic E-state index is 0.441. The van der Waals surface area contributed by atoms with E-state index in [9.17, 15) is 0 Å². The minimum absolute atomic E-state index is 0.441. The molecular formula is C18H16. The monoisotopic (exact) mass is 232 g/mol. The van der Waals surface area contributed by atoms with Gasteiger partial charge in [-0.15, -0.1) is 0 Å². The third-order valence-electron chi connectivity index (χ3n) is 3.51. The Kier molecular flexibility index (Phi) is 2.85. The van der Waals surface area contributed by atoms with Crippen molar-refractivity contribution >= 4 is 5.57 Å². The molecule has 88 valence electrons. The Bertz CT molecular complexity index is 582. The maximum atomic E-state index is 4.23. The third kappa shape index (κ3) is 2.02. The molecule has 2 aliphatic rings. The van der Waals surface area contributed by atoms with Crippen molar-refractivity contribution in [3.63, 3.8) is 0 Å². The largest absolute Gasteiger partial charge is 0.0906 e. The summed E-state index contributed by atoms with van der Waals surface area (Å²) in [5, 5.41) is 0. The van der Waals surface area contributed by atoms with Gasteiger partial charge in [-0.1, -0.05) is 73.4 Å². The Morgan fingerprint density at radius 1 is 1.11 bits per heavy atom. The fourth-order valence-corrected chi connectivity index (χ4v) is 2.45. The van der Waals surface area contributed by atoms with Crippen molar-refractivity contribution in [3.05, 3.63) is 90.1 Å². The van der Waals surface area contributed by atoms with Crippen LogP contribution in [-0.4, -0.2) is 0 Å². The standard InChI is InChI=1S/C18H16/c1-14-16(11-10-15-6-2-3-7-15)12-13-17-8-4-5-9-18(14)17/h2-12,15H,1,13H2/b11-10+. The van der Waals surface area contributed by atoms with Crippen LogP contribution in [0.4, 0.5) is 0 Å². The van der Waals surface area contributed by atoms with Crippen LogP contribution in [0, 0.1) is 5.92 Å². The Hall–Kier alpha value is -2.08. The maximum Gasteiger partial charge on any atom is 0.0136 e. The highest BCUT2D eigenvalue weighted by Crippen LogP contribution is 2.31. The molecule has 0 aliphatic heterocycles. The molecule has 0 unspecified atom stereocenters. The van der Waals surface area contributed by atoms with Crippen LogP contribution in [0.3, 0.4) is 0 Å². The van der Waals surface area contributed by atoms with Gasteiger partial charge in [0.05, 0.1) is 0 Å². The van der Waals surface area contributed by atoms with Gasteiger partial charge in [-0.3, -0.25) is 0 Å². The van der Waals surface area contributed by atoms with E-state index in [0.29, 0.717) is 5.92 Å². The first-order valence-corrected chi connectivity index (χ1v) is 6.35. The lowest BCUT2D eigenvalue weighted by Crippen LogP contribution is -2.00. The summed E-state index contributed by atoms with van der Waals surface area (Å²) in [5.74, 6) is 0.441. The molecular weight excluding hydrogens is 216 g/mol. The van der Waals surface area contributed by atoms with Crippen molar-refractivity contribution in [2.45, 2.75) is 6.42 Å². The molecule has 0 N–H and O–H groups in total. The first-order chi connectivity index (χ1) is 8.84. The second-order valence-corrected chi connectivity index (χ2v) is 4.71. The van der Waals surface area contributed by atoms with E-state index in [1.165, 1.54) is 16.7 Å². The van der Waals surface area contributed by atoms with E-state index in [1.54, 1.807) is 0 Å². The van der Waals surface area contributed by atoms with E-state index < -0.39 is 0 Å². The zero-order valence-corrected chi connectivity index (χ0v) is 10.3. The second kappa shape index (κ2) is 4.66. The predicted octanol–water partition coefficient (Wildman–Crippen LogP) is 4.48. The topological polar surface area (TPSA) is 0 Å². The molecule has 0 spiro atoms. The minimum Gasteiger partial charge on any atom is -0.0906 e. The average molecular weight is 232 g/mol. The lowest BCUT2D eigenvalue weighted by molar-refractivity contribution is 1.09. The predicted molar refractivity (Wildman–Crippen MR) is 78.2 cm³/mol. The quantitative estimate of drug-likeness (QED) is 0.705. The molecule has 0 radical (unpaired) electrons. The number of benzene rings is 1. The number of fused-ring (bicyclic) bond motifs is 1. The van der Waals surface area contributed by atoms with E-state index in [1.807, 2.05) is 0 Å². The lowest BCUT2D eigenvalue weighted by Gasteiger charge is -2.17. The van der Waals surface area contributed by atoms with Gasteiger partial charge in [0.1, 0.15) is 0 Å². The average Bonchev–Trinajstić information content (AvgIpc) is 2.91. The lowest BCUT2D eigenvalue weighted by atomic mass is 9.87. The first kappa shape index (κ1) is 11.0. The molecule has 2 aliphatic carbocycles. The SMILES string of the molecule is C=C1C(/C=C/C2C=CC=C2)=CCc2ccccc21. The molecule has 0 atom stereocenters. The molecule has 1 aromatic carbocycles. The Morgan fingerprint density at radius 3 is 2.72 bits per heavy atom. The zero-order valence-electron chi connectivity index (χ0n) is 10.3. The Morgan fingerprint density at radius 2 is 1.89 bits per heavy atom. The summed E-state index contributed by atoms with van der Waals surface area (Å²) >= 11 is 0. The van der Waals surface area contributed by atoms with Gasteiger partial charge in [-0.25, -0.2) is 0 Å². The highest BCUT2D eigenvalue weighted by molar-refractivity contribution is 5.83. The van der Waals surface area contributed by atoms with E-state index >= 15 is 0 Å². The molecule has 0 saturated heterocycles. The third-order valence-corrected chi connectivity index (χ3v) is 3.51. The van der Waals surface area contributed by atoms with Gasteiger partial charge in [0.2, 0.25) is 0 Å². The number of allylic oxidation sites excluding steroid dienone is 9. The Labute approximate surface area is 108 Å². The molecule has 0 aromatic heterocycles. The molecule has 0 amide bonds. The van der Waals surface area contributed by atoms with Crippen molar-refractivity contribution < 1.29 is 0 Å². The van der Waals surface area contributed by atoms with E-state index in [2.05, 4.69) is 73.4 Å². The van der Waals surface area contributed by atoms with Gasteiger partial charge >= 0.3 is 0 Å². The van der Waals surface area contributed by atoms with Gasteiger partial charge in [0, 0.05) is 5.92 Å². The van der Waals surface area contributed by atoms with Crippen LogP contribution in [0.5, 0.6) is 0 Å². The van der Waals surface area contributed by atoms with Crippen molar-refractivity contribution in [1.29, 1.82) is 0 Å². The van der Waals surface area contributed by atoms with E-state index in [4.69, 9.17) is 0 Å². The summed E-state index contributed by atoms with van der Waals surface area (Å²) in [5.41, 5.74) is 5.05. The van der Waals surface area contributed by atoms with Crippen molar-refractivity contribution in [3.8, 4) is 0 Å². The van der Waals surface area contributed by atoms with Crippen LogP contribution < -0.4 is 0 Å². The fourth-order valence-electron chi connectivity index (χ4n) is 2.45. The normalized spacial score (nSPS) is 18.4. The molecule has 0 heteroatoms. The van der Waals surface area contributed by atoms with Crippen molar-refractivity contribution in [2.75, 3.05) is 0 Å². The smallest absolute Gasteiger partial charge is 0.0136 e. The zero-order chi connectivity index (χ0) is 12.4. The van der Waals surface area contributed by atoms with Crippen LogP contribution in [0.25, 0.3) is 5.57 Å². The number of hydrogen-bond donors (Lipinski definition) is 0. The summed E-state index contributed by atoms with van der Waals surface area (Å²) in [4.78, 5) is 0. The van der Waals surface area contributed by atoms with Gasteiger partial charge in [-0.2, -0.15) is 0 Å². The summed E-state index contributed by atoms with van der Waals surface area (Å²) < 4.78 is 0. The second-order valence-electron chi connectivity index (χ2n) is 4.71. The molecule has 3 rings (SSSR count). The van der Waals surface area contributed by atoms with E-state index in [-0.39, 0.29) is 0 Å². The highest BCUT2D eigenvalue weighted by Gasteiger charge is 2.12. The van der Waals surface area contributed by atoms with Crippen LogP contribution in [-0.2, 0) is 6.42 Å². The molecule has 18 heavy (non-hydrogen) atoms. The Balaban J connectivity index is 1.83. The summed E-state index contributed by atoms with van der Waals surface area (Å²) in [6.45, 7) is 4.23. The summed E-state index contributed by atoms with van der Waals surface area (Å²) in [6, 6.07) is 8.52. The van der Waals surface area contributed by atoms with Gasteiger partial charge in [0.25, 0.3) is 0 Å². The van der Waals surface area contributed by atoms with Crippen LogP contribution >= 0.6 is 0 Å². The molecule has 0 nitrogen and oxygen atoms in total. The van der Waals surface area contributed by atoms with Gasteiger partial charge in [0.15, 0.2) is 0 Å². The van der Waals surface area contributed by atoms with Crippen LogP contribution in [0.1, 0.15) is 11.1 Å². The maximum absolute atomic E-state index is 4.23. The van der Waals surface area contributed by atoms with Gasteiger partial charge < -0.3 is 0 Å². The van der Waals surface area contributed by atoms with Gasteiger partial charge in [-0.05, 0) is 28.7 Å². The van der Waals surface area contributed by atoms with Crippen molar-refractivity contribution in [2.24, 2.45) is 5.92 Å². The number of hydrogen-bond acceptors (Lipinski definition) is 0. The number of rotatable bonds is 2. The first-order valence-electron chi connectivity index (χ1n) is 6.35. The molecule has 1 aromatic rings.